The van der Waals surface area contributed by atoms with E-state index < -0.39 is 6.09 Å². The van der Waals surface area contributed by atoms with Gasteiger partial charge in [0.05, 0.1) is 6.61 Å². The van der Waals surface area contributed by atoms with Crippen LogP contribution in [0.3, 0.4) is 0 Å². The Labute approximate surface area is 146 Å². The zero-order valence-corrected chi connectivity index (χ0v) is 14.1. The van der Waals surface area contributed by atoms with E-state index in [0.717, 1.165) is 24.8 Å². The zero-order valence-electron chi connectivity index (χ0n) is 14.1. The number of benzene rings is 1. The van der Waals surface area contributed by atoms with Crippen molar-refractivity contribution in [2.75, 3.05) is 18.5 Å². The monoisotopic (exact) mass is 345 g/mol. The van der Waals surface area contributed by atoms with Gasteiger partial charge in [0.1, 0.15) is 6.04 Å². The number of hydrogen-bond acceptors (Lipinski definition) is 4. The lowest BCUT2D eigenvalue weighted by atomic mass is 10.1. The fraction of sp³-hybridized carbons (Fsp3) is 0.500. The second kappa shape index (κ2) is 7.55. The number of hydrogen-bond donors (Lipinski definition) is 2. The highest BCUT2D eigenvalue weighted by Gasteiger charge is 2.40. The summed E-state index contributed by atoms with van der Waals surface area (Å²) in [5.41, 5.74) is 6.58. The van der Waals surface area contributed by atoms with Crippen molar-refractivity contribution in [3.63, 3.8) is 0 Å². The van der Waals surface area contributed by atoms with Crippen LogP contribution in [-0.2, 0) is 20.7 Å². The lowest BCUT2D eigenvalue weighted by molar-refractivity contribution is -0.137. The van der Waals surface area contributed by atoms with E-state index in [9.17, 15) is 14.4 Å². The first-order valence-corrected chi connectivity index (χ1v) is 8.67. The minimum atomic E-state index is -0.786. The van der Waals surface area contributed by atoms with E-state index in [0.29, 0.717) is 25.1 Å². The fourth-order valence-electron chi connectivity index (χ4n) is 3.12. The molecule has 0 spiro atoms. The van der Waals surface area contributed by atoms with Gasteiger partial charge in [-0.25, -0.2) is 4.79 Å². The van der Waals surface area contributed by atoms with Crippen molar-refractivity contribution < 1.29 is 19.1 Å². The van der Waals surface area contributed by atoms with Crippen molar-refractivity contribution in [2.24, 2.45) is 11.7 Å². The maximum Gasteiger partial charge on any atom is 0.404 e. The number of amides is 3. The molecule has 7 heteroatoms. The molecule has 0 aromatic heterocycles. The maximum absolute atomic E-state index is 12.5. The molecule has 0 bridgehead atoms. The Kier molecular flexibility index (Phi) is 5.21. The molecule has 3 N–H and O–H groups in total. The maximum atomic E-state index is 12.5. The summed E-state index contributed by atoms with van der Waals surface area (Å²) in [5.74, 6) is 0.133. The third kappa shape index (κ3) is 4.49. The van der Waals surface area contributed by atoms with E-state index in [1.54, 1.807) is 17.0 Å². The number of nitrogens with one attached hydrogen (secondary N) is 1. The topological polar surface area (TPSA) is 102 Å². The Balaban J connectivity index is 1.53. The number of rotatable bonds is 6. The predicted octanol–water partition coefficient (Wildman–Crippen LogP) is 1.66. The van der Waals surface area contributed by atoms with Crippen LogP contribution >= 0.6 is 0 Å². The summed E-state index contributed by atoms with van der Waals surface area (Å²) < 4.78 is 4.70. The molecule has 1 aliphatic heterocycles. The third-order valence-corrected chi connectivity index (χ3v) is 4.62. The summed E-state index contributed by atoms with van der Waals surface area (Å²) in [4.78, 5) is 37.1. The standard InChI is InChI=1S/C18H23N3O4/c19-18(24)25-11-9-12-3-7-14(8-4-12)20-16(22)15-2-1-10-21(15)17(23)13-5-6-13/h3-4,7-8,13,15H,1-2,5-6,9-11H2,(H2,19,24)(H,20,22)/t15-/m1/s1. The Morgan fingerprint density at radius 1 is 1.16 bits per heavy atom. The molecule has 2 aliphatic rings. The van der Waals surface area contributed by atoms with Crippen LogP contribution in [-0.4, -0.2) is 42.0 Å². The van der Waals surface area contributed by atoms with Crippen molar-refractivity contribution >= 4 is 23.6 Å². The normalized spacial score (nSPS) is 19.5. The van der Waals surface area contributed by atoms with Gasteiger partial charge in [-0.15, -0.1) is 0 Å². The molecule has 1 aromatic rings. The van der Waals surface area contributed by atoms with Gasteiger partial charge in [-0.2, -0.15) is 0 Å². The van der Waals surface area contributed by atoms with Crippen LogP contribution in [0.2, 0.25) is 0 Å². The van der Waals surface area contributed by atoms with Gasteiger partial charge in [0.15, 0.2) is 0 Å². The molecule has 134 valence electrons. The number of likely N-dealkylation sites (tertiary alicyclic amines) is 1. The van der Waals surface area contributed by atoms with Gasteiger partial charge in [0.25, 0.3) is 0 Å². The van der Waals surface area contributed by atoms with Crippen LogP contribution < -0.4 is 11.1 Å². The van der Waals surface area contributed by atoms with Crippen LogP contribution in [0, 0.1) is 5.92 Å². The Morgan fingerprint density at radius 2 is 1.88 bits per heavy atom. The van der Waals surface area contributed by atoms with Gasteiger partial charge in [-0.1, -0.05) is 12.1 Å². The van der Waals surface area contributed by atoms with Crippen LogP contribution in [0.1, 0.15) is 31.2 Å². The summed E-state index contributed by atoms with van der Waals surface area (Å²) in [7, 11) is 0. The average molecular weight is 345 g/mol. The first-order chi connectivity index (χ1) is 12.0. The summed E-state index contributed by atoms with van der Waals surface area (Å²) in [5, 5.41) is 2.89. The first-order valence-electron chi connectivity index (χ1n) is 8.67. The summed E-state index contributed by atoms with van der Waals surface area (Å²) in [6.07, 6.45) is 3.26. The van der Waals surface area contributed by atoms with E-state index in [4.69, 9.17) is 10.5 Å². The molecule has 0 radical (unpaired) electrons. The van der Waals surface area contributed by atoms with E-state index >= 15 is 0 Å². The largest absolute Gasteiger partial charge is 0.449 e. The first kappa shape index (κ1) is 17.3. The van der Waals surface area contributed by atoms with Crippen molar-refractivity contribution in [1.29, 1.82) is 0 Å². The van der Waals surface area contributed by atoms with Gasteiger partial charge >= 0.3 is 6.09 Å². The van der Waals surface area contributed by atoms with E-state index in [1.165, 1.54) is 0 Å². The quantitative estimate of drug-likeness (QED) is 0.818. The molecule has 1 aromatic carbocycles. The molecule has 2 fully saturated rings. The number of primary amides is 1. The molecule has 1 atom stereocenters. The number of anilines is 1. The molecule has 1 aliphatic carbocycles. The van der Waals surface area contributed by atoms with Gasteiger partial charge in [0, 0.05) is 24.6 Å². The van der Waals surface area contributed by atoms with Crippen molar-refractivity contribution in [1.82, 2.24) is 4.90 Å². The second-order valence-electron chi connectivity index (χ2n) is 6.57. The van der Waals surface area contributed by atoms with Gasteiger partial charge in [-0.3, -0.25) is 9.59 Å². The second-order valence-corrected chi connectivity index (χ2v) is 6.57. The van der Waals surface area contributed by atoms with E-state index in [1.807, 2.05) is 12.1 Å². The Bertz CT molecular complexity index is 655. The van der Waals surface area contributed by atoms with E-state index in [2.05, 4.69) is 5.32 Å². The lowest BCUT2D eigenvalue weighted by Crippen LogP contribution is -2.43. The Hall–Kier alpha value is -2.57. The predicted molar refractivity (Wildman–Crippen MR) is 91.8 cm³/mol. The average Bonchev–Trinajstić information content (AvgIpc) is 3.32. The van der Waals surface area contributed by atoms with Crippen molar-refractivity contribution in [3.05, 3.63) is 29.8 Å². The number of carbonyl (C=O) groups is 3. The number of nitrogens with two attached hydrogens (primary N) is 1. The van der Waals surface area contributed by atoms with Crippen LogP contribution in [0.4, 0.5) is 10.5 Å². The molecular weight excluding hydrogens is 322 g/mol. The molecule has 1 heterocycles. The molecule has 25 heavy (non-hydrogen) atoms. The van der Waals surface area contributed by atoms with Gasteiger partial charge in [-0.05, 0) is 43.4 Å². The fourth-order valence-corrected chi connectivity index (χ4v) is 3.12. The molecule has 3 rings (SSSR count). The summed E-state index contributed by atoms with van der Waals surface area (Å²) >= 11 is 0. The molecule has 1 saturated carbocycles. The molecule has 1 saturated heterocycles. The molecule has 3 amide bonds. The highest BCUT2D eigenvalue weighted by atomic mass is 16.5. The highest BCUT2D eigenvalue weighted by Crippen LogP contribution is 2.33. The molecule has 0 unspecified atom stereocenters. The van der Waals surface area contributed by atoms with Crippen LogP contribution in [0.15, 0.2) is 24.3 Å². The summed E-state index contributed by atoms with van der Waals surface area (Å²) in [6.45, 7) is 0.896. The number of ether oxygens (including phenoxy) is 1. The third-order valence-electron chi connectivity index (χ3n) is 4.62. The minimum Gasteiger partial charge on any atom is -0.449 e. The minimum absolute atomic E-state index is 0.127. The number of nitrogens with zero attached hydrogens (tertiary/aromatic N) is 1. The smallest absolute Gasteiger partial charge is 0.404 e. The van der Waals surface area contributed by atoms with Crippen molar-refractivity contribution in [3.8, 4) is 0 Å². The molecule has 7 nitrogen and oxygen atoms in total. The van der Waals surface area contributed by atoms with Crippen molar-refractivity contribution in [2.45, 2.75) is 38.1 Å². The van der Waals surface area contributed by atoms with Crippen LogP contribution in [0.25, 0.3) is 0 Å². The van der Waals surface area contributed by atoms with E-state index in [-0.39, 0.29) is 30.4 Å². The highest BCUT2D eigenvalue weighted by molar-refractivity contribution is 5.98. The SMILES string of the molecule is NC(=O)OCCc1ccc(NC(=O)[C@H]2CCCN2C(=O)C2CC2)cc1. The summed E-state index contributed by atoms with van der Waals surface area (Å²) in [6, 6.07) is 6.97. The Morgan fingerprint density at radius 3 is 2.52 bits per heavy atom. The zero-order chi connectivity index (χ0) is 17.8. The molecular formula is C18H23N3O4. The van der Waals surface area contributed by atoms with Gasteiger partial charge < -0.3 is 20.7 Å². The lowest BCUT2D eigenvalue weighted by Gasteiger charge is -2.24. The van der Waals surface area contributed by atoms with Gasteiger partial charge in [0.2, 0.25) is 11.8 Å². The van der Waals surface area contributed by atoms with Crippen LogP contribution in [0.5, 0.6) is 0 Å². The number of carbonyl (C=O) groups excluding carboxylic acids is 3.